The van der Waals surface area contributed by atoms with Crippen molar-refractivity contribution in [2.45, 2.75) is 12.8 Å². The summed E-state index contributed by atoms with van der Waals surface area (Å²) < 4.78 is 1.80. The molecule has 5 nitrogen and oxygen atoms in total. The van der Waals surface area contributed by atoms with Crippen LogP contribution < -0.4 is 10.2 Å². The van der Waals surface area contributed by atoms with E-state index in [0.29, 0.717) is 11.7 Å². The minimum atomic E-state index is -0.0909. The molecule has 1 fully saturated rings. The van der Waals surface area contributed by atoms with Crippen molar-refractivity contribution < 1.29 is 4.79 Å². The molecule has 0 spiro atoms. The highest BCUT2D eigenvalue weighted by atomic mass is 79.9. The first-order valence-corrected chi connectivity index (χ1v) is 9.49. The van der Waals surface area contributed by atoms with Gasteiger partial charge in [-0.1, -0.05) is 27.5 Å². The van der Waals surface area contributed by atoms with Crippen LogP contribution in [0.25, 0.3) is 0 Å². The van der Waals surface area contributed by atoms with E-state index in [0.717, 1.165) is 39.8 Å². The zero-order valence-electron chi connectivity index (χ0n) is 12.7. The van der Waals surface area contributed by atoms with Crippen LogP contribution >= 0.6 is 43.5 Å². The molecule has 8 heteroatoms. The molecule has 24 heavy (non-hydrogen) atoms. The first-order valence-electron chi connectivity index (χ1n) is 7.53. The Hall–Kier alpha value is -1.18. The monoisotopic (exact) mass is 472 g/mol. The summed E-state index contributed by atoms with van der Waals surface area (Å²) in [6, 6.07) is 9.23. The molecule has 1 N–H and O–H groups in total. The summed E-state index contributed by atoms with van der Waals surface area (Å²) in [4.78, 5) is 14.7. The first-order chi connectivity index (χ1) is 11.5. The third-order valence-corrected chi connectivity index (χ3v) is 5.27. The Bertz CT molecular complexity index is 741. The Morgan fingerprint density at radius 3 is 2.79 bits per heavy atom. The molecule has 1 aliphatic rings. The molecule has 1 aliphatic heterocycles. The lowest BCUT2D eigenvalue weighted by Gasteiger charge is -2.32. The summed E-state index contributed by atoms with van der Waals surface area (Å²) >= 11 is 12.7. The fourth-order valence-electron chi connectivity index (χ4n) is 2.70. The maximum atomic E-state index is 12.6. The molecule has 2 heterocycles. The summed E-state index contributed by atoms with van der Waals surface area (Å²) in [5.41, 5.74) is 0.770. The van der Waals surface area contributed by atoms with E-state index < -0.39 is 0 Å². The Labute approximate surface area is 162 Å². The fraction of sp³-hybridized carbons (Fsp3) is 0.312. The second-order valence-corrected chi connectivity index (χ2v) is 7.77. The minimum absolute atomic E-state index is 0.0182. The van der Waals surface area contributed by atoms with E-state index in [1.165, 1.54) is 0 Å². The van der Waals surface area contributed by atoms with Crippen LogP contribution in [0.2, 0.25) is 5.15 Å². The van der Waals surface area contributed by atoms with Gasteiger partial charge in [0.25, 0.3) is 0 Å². The quantitative estimate of drug-likeness (QED) is 0.711. The van der Waals surface area contributed by atoms with E-state index in [4.69, 9.17) is 11.6 Å². The predicted molar refractivity (Wildman–Crippen MR) is 102 cm³/mol. The SMILES string of the molecule is O=C(Nc1ccc(Br)cc1Br)[C@@H]1CCCN(c2ccc(Cl)nn2)C1. The van der Waals surface area contributed by atoms with Gasteiger partial charge >= 0.3 is 0 Å². The molecule has 1 saturated heterocycles. The number of carbonyl (C=O) groups is 1. The second kappa shape index (κ2) is 7.80. The standard InChI is InChI=1S/C16H15Br2ClN4O/c17-11-3-4-13(12(18)8-11)20-16(24)10-2-1-7-23(9-10)15-6-5-14(19)21-22-15/h3-6,8,10H,1-2,7,9H2,(H,20,24)/t10-/m1/s1. The molecule has 0 unspecified atom stereocenters. The molecular weight excluding hydrogens is 459 g/mol. The predicted octanol–water partition coefficient (Wildman–Crippen LogP) is 4.51. The molecule has 126 valence electrons. The molecule has 3 rings (SSSR count). The average Bonchev–Trinajstić information content (AvgIpc) is 2.58. The first kappa shape index (κ1) is 17.6. The highest BCUT2D eigenvalue weighted by molar-refractivity contribution is 9.11. The number of benzene rings is 1. The number of halogens is 3. The Kier molecular flexibility index (Phi) is 5.73. The third kappa shape index (κ3) is 4.26. The number of nitrogens with zero attached hydrogens (tertiary/aromatic N) is 3. The van der Waals surface area contributed by atoms with Crippen LogP contribution in [0.1, 0.15) is 12.8 Å². The van der Waals surface area contributed by atoms with Gasteiger partial charge in [0.15, 0.2) is 11.0 Å². The molecule has 0 saturated carbocycles. The van der Waals surface area contributed by atoms with Crippen molar-refractivity contribution in [3.63, 3.8) is 0 Å². The second-order valence-electron chi connectivity index (χ2n) is 5.61. The van der Waals surface area contributed by atoms with Gasteiger partial charge in [-0.2, -0.15) is 0 Å². The largest absolute Gasteiger partial charge is 0.354 e. The van der Waals surface area contributed by atoms with Crippen LogP contribution in [-0.2, 0) is 4.79 Å². The van der Waals surface area contributed by atoms with Crippen molar-refractivity contribution in [1.82, 2.24) is 10.2 Å². The van der Waals surface area contributed by atoms with Crippen molar-refractivity contribution in [2.75, 3.05) is 23.3 Å². The molecule has 0 aliphatic carbocycles. The van der Waals surface area contributed by atoms with Gasteiger partial charge in [0.2, 0.25) is 5.91 Å². The van der Waals surface area contributed by atoms with Crippen LogP contribution in [0, 0.1) is 5.92 Å². The van der Waals surface area contributed by atoms with Crippen molar-refractivity contribution in [2.24, 2.45) is 5.92 Å². The number of hydrogen-bond donors (Lipinski definition) is 1. The number of hydrogen-bond acceptors (Lipinski definition) is 4. The Morgan fingerprint density at radius 2 is 2.08 bits per heavy atom. The van der Waals surface area contributed by atoms with Crippen molar-refractivity contribution in [3.05, 3.63) is 44.4 Å². The molecule has 1 aromatic heterocycles. The lowest BCUT2D eigenvalue weighted by molar-refractivity contribution is -0.120. The van der Waals surface area contributed by atoms with Gasteiger partial charge in [0.05, 0.1) is 11.6 Å². The number of carbonyl (C=O) groups excluding carboxylic acids is 1. The number of aromatic nitrogens is 2. The molecule has 1 amide bonds. The zero-order valence-corrected chi connectivity index (χ0v) is 16.6. The molecular formula is C16H15Br2ClN4O. The molecule has 0 bridgehead atoms. The Morgan fingerprint density at radius 1 is 1.25 bits per heavy atom. The summed E-state index contributed by atoms with van der Waals surface area (Å²) in [6.45, 7) is 1.48. The lowest BCUT2D eigenvalue weighted by Crippen LogP contribution is -2.41. The van der Waals surface area contributed by atoms with Crippen molar-refractivity contribution in [3.8, 4) is 0 Å². The fourth-order valence-corrected chi connectivity index (χ4v) is 3.95. The van der Waals surface area contributed by atoms with Gasteiger partial charge in [-0.15, -0.1) is 10.2 Å². The van der Waals surface area contributed by atoms with E-state index in [1.54, 1.807) is 6.07 Å². The summed E-state index contributed by atoms with van der Waals surface area (Å²) in [6.07, 6.45) is 1.79. The van der Waals surface area contributed by atoms with Crippen LogP contribution in [0.4, 0.5) is 11.5 Å². The lowest BCUT2D eigenvalue weighted by atomic mass is 9.97. The number of piperidine rings is 1. The minimum Gasteiger partial charge on any atom is -0.354 e. The van der Waals surface area contributed by atoms with E-state index >= 15 is 0 Å². The molecule has 1 aromatic carbocycles. The van der Waals surface area contributed by atoms with Gasteiger partial charge < -0.3 is 10.2 Å². The van der Waals surface area contributed by atoms with E-state index in [9.17, 15) is 4.79 Å². The van der Waals surface area contributed by atoms with Crippen LogP contribution in [0.3, 0.4) is 0 Å². The van der Waals surface area contributed by atoms with Crippen LogP contribution in [-0.4, -0.2) is 29.2 Å². The van der Waals surface area contributed by atoms with E-state index in [2.05, 4.69) is 52.3 Å². The summed E-state index contributed by atoms with van der Waals surface area (Å²) in [7, 11) is 0. The van der Waals surface area contributed by atoms with E-state index in [-0.39, 0.29) is 11.8 Å². The highest BCUT2D eigenvalue weighted by Gasteiger charge is 2.27. The average molecular weight is 475 g/mol. The Balaban J connectivity index is 1.67. The van der Waals surface area contributed by atoms with Crippen molar-refractivity contribution in [1.29, 1.82) is 0 Å². The number of anilines is 2. The number of amides is 1. The number of nitrogens with one attached hydrogen (secondary N) is 1. The van der Waals surface area contributed by atoms with E-state index in [1.807, 2.05) is 24.3 Å². The summed E-state index contributed by atoms with van der Waals surface area (Å²) in [5.74, 6) is 0.679. The molecule has 0 radical (unpaired) electrons. The number of rotatable bonds is 3. The molecule has 1 atom stereocenters. The zero-order chi connectivity index (χ0) is 17.1. The molecule has 2 aromatic rings. The topological polar surface area (TPSA) is 58.1 Å². The van der Waals surface area contributed by atoms with Crippen LogP contribution in [0.15, 0.2) is 39.3 Å². The third-order valence-electron chi connectivity index (χ3n) is 3.92. The summed E-state index contributed by atoms with van der Waals surface area (Å²) in [5, 5.41) is 11.3. The van der Waals surface area contributed by atoms with Crippen LogP contribution in [0.5, 0.6) is 0 Å². The van der Waals surface area contributed by atoms with Gasteiger partial charge in [0.1, 0.15) is 0 Å². The highest BCUT2D eigenvalue weighted by Crippen LogP contribution is 2.28. The smallest absolute Gasteiger partial charge is 0.229 e. The van der Waals surface area contributed by atoms with Gasteiger partial charge in [-0.3, -0.25) is 4.79 Å². The van der Waals surface area contributed by atoms with Gasteiger partial charge in [0, 0.05) is 22.0 Å². The normalized spacial score (nSPS) is 17.6. The maximum Gasteiger partial charge on any atom is 0.229 e. The van der Waals surface area contributed by atoms with Crippen molar-refractivity contribution >= 4 is 60.9 Å². The maximum absolute atomic E-state index is 12.6. The van der Waals surface area contributed by atoms with Gasteiger partial charge in [-0.25, -0.2) is 0 Å². The van der Waals surface area contributed by atoms with Gasteiger partial charge in [-0.05, 0) is 59.1 Å².